The van der Waals surface area contributed by atoms with Gasteiger partial charge in [0.25, 0.3) is 0 Å². The number of nitrogens with one attached hydrogen (secondary N) is 1. The summed E-state index contributed by atoms with van der Waals surface area (Å²) in [5.41, 5.74) is 0. The monoisotopic (exact) mass is 355 g/mol. The van der Waals surface area contributed by atoms with Gasteiger partial charge in [-0.15, -0.1) is 10.2 Å². The number of rotatable bonds is 8. The number of aromatic nitrogens is 2. The van der Waals surface area contributed by atoms with Gasteiger partial charge in [-0.25, -0.2) is 0 Å². The lowest BCUT2D eigenvalue weighted by atomic mass is 10.3. The number of nitrogens with zero attached hydrogens (tertiary/aromatic N) is 2. The number of aliphatic hydroxyl groups excluding tert-OH is 1. The maximum atomic E-state index is 10.0. The molecule has 0 fully saturated rings. The van der Waals surface area contributed by atoms with Crippen molar-refractivity contribution in [3.8, 4) is 17.2 Å². The Bertz CT molecular complexity index is 653. The summed E-state index contributed by atoms with van der Waals surface area (Å²) >= 11 is 2.94. The van der Waals surface area contributed by atoms with Gasteiger partial charge in [0.15, 0.2) is 15.8 Å². The van der Waals surface area contributed by atoms with Crippen LogP contribution < -0.4 is 19.5 Å². The van der Waals surface area contributed by atoms with Gasteiger partial charge in [-0.2, -0.15) is 0 Å². The Morgan fingerprint density at radius 1 is 1.39 bits per heavy atom. The number of aliphatic hydroxyl groups is 1. The van der Waals surface area contributed by atoms with Gasteiger partial charge in [-0.1, -0.05) is 23.1 Å². The van der Waals surface area contributed by atoms with Gasteiger partial charge in [0.1, 0.15) is 12.4 Å². The molecular formula is C14H17N3O4S2. The van der Waals surface area contributed by atoms with Gasteiger partial charge in [-0.05, 0) is 19.1 Å². The molecule has 3 rings (SSSR count). The molecule has 0 bridgehead atoms. The fourth-order valence-corrected chi connectivity index (χ4v) is 3.62. The minimum atomic E-state index is -0.600. The predicted octanol–water partition coefficient (Wildman–Crippen LogP) is 2.23. The first-order valence-electron chi connectivity index (χ1n) is 7.15. The van der Waals surface area contributed by atoms with Crippen LogP contribution in [0.2, 0.25) is 0 Å². The molecule has 0 spiro atoms. The molecule has 1 atom stereocenters. The van der Waals surface area contributed by atoms with E-state index in [2.05, 4.69) is 15.5 Å². The summed E-state index contributed by atoms with van der Waals surface area (Å²) < 4.78 is 16.9. The Labute approximate surface area is 142 Å². The summed E-state index contributed by atoms with van der Waals surface area (Å²) in [5.74, 6) is 2.51. The first kappa shape index (κ1) is 16.2. The van der Waals surface area contributed by atoms with Gasteiger partial charge >= 0.3 is 0 Å². The van der Waals surface area contributed by atoms with E-state index in [-0.39, 0.29) is 13.4 Å². The Morgan fingerprint density at radius 2 is 2.26 bits per heavy atom. The highest BCUT2D eigenvalue weighted by Gasteiger charge is 2.15. The summed E-state index contributed by atoms with van der Waals surface area (Å²) in [7, 11) is 0. The van der Waals surface area contributed by atoms with Gasteiger partial charge in [0, 0.05) is 18.4 Å². The minimum Gasteiger partial charge on any atom is -0.491 e. The molecule has 1 aromatic heterocycles. The first-order valence-corrected chi connectivity index (χ1v) is 8.95. The van der Waals surface area contributed by atoms with E-state index in [1.165, 1.54) is 23.1 Å². The van der Waals surface area contributed by atoms with E-state index in [0.29, 0.717) is 23.0 Å². The maximum Gasteiger partial charge on any atom is 0.231 e. The highest BCUT2D eigenvalue weighted by molar-refractivity contribution is 8.01. The molecule has 2 aromatic rings. The number of benzene rings is 1. The van der Waals surface area contributed by atoms with E-state index < -0.39 is 6.10 Å². The number of hydrogen-bond acceptors (Lipinski definition) is 9. The zero-order valence-corrected chi connectivity index (χ0v) is 14.2. The molecule has 9 heteroatoms. The summed E-state index contributed by atoms with van der Waals surface area (Å²) in [5, 5.41) is 22.0. The Hall–Kier alpha value is -1.71. The van der Waals surface area contributed by atoms with Crippen molar-refractivity contribution in [1.29, 1.82) is 0 Å². The molecule has 1 aliphatic rings. The van der Waals surface area contributed by atoms with Crippen LogP contribution in [0.5, 0.6) is 17.2 Å². The lowest BCUT2D eigenvalue weighted by Gasteiger charge is -2.11. The van der Waals surface area contributed by atoms with Crippen molar-refractivity contribution in [3.63, 3.8) is 0 Å². The van der Waals surface area contributed by atoms with Gasteiger partial charge in [-0.3, -0.25) is 0 Å². The van der Waals surface area contributed by atoms with Crippen molar-refractivity contribution < 1.29 is 19.3 Å². The van der Waals surface area contributed by atoms with E-state index in [1.54, 1.807) is 18.2 Å². The zero-order valence-electron chi connectivity index (χ0n) is 12.5. The molecule has 124 valence electrons. The van der Waals surface area contributed by atoms with Gasteiger partial charge in [0.05, 0.1) is 6.10 Å². The van der Waals surface area contributed by atoms with Gasteiger partial charge in [0.2, 0.25) is 11.9 Å². The van der Waals surface area contributed by atoms with Crippen molar-refractivity contribution in [1.82, 2.24) is 10.2 Å². The van der Waals surface area contributed by atoms with Crippen LogP contribution in [0.4, 0.5) is 5.13 Å². The van der Waals surface area contributed by atoms with E-state index in [9.17, 15) is 5.11 Å². The lowest BCUT2D eigenvalue weighted by Crippen LogP contribution is -2.20. The summed E-state index contributed by atoms with van der Waals surface area (Å²) in [6.07, 6.45) is -0.600. The largest absolute Gasteiger partial charge is 0.491 e. The molecule has 23 heavy (non-hydrogen) atoms. The normalized spacial score (nSPS) is 13.8. The molecule has 0 aliphatic carbocycles. The van der Waals surface area contributed by atoms with E-state index >= 15 is 0 Å². The number of ether oxygens (including phenoxy) is 3. The van der Waals surface area contributed by atoms with Crippen LogP contribution in [0, 0.1) is 0 Å². The topological polar surface area (TPSA) is 85.7 Å². The number of thioether (sulfide) groups is 1. The fraction of sp³-hybridized carbons (Fsp3) is 0.429. The third-order valence-electron chi connectivity index (χ3n) is 2.92. The zero-order chi connectivity index (χ0) is 16.1. The number of fused-ring (bicyclic) bond motifs is 1. The standard InChI is InChI=1S/C14H17N3O4S2/c1-2-15-13-16-17-14(23-13)22-7-9(18)6-19-10-3-4-11-12(5-10)21-8-20-11/h3-5,9,18H,2,6-8H2,1H3,(H,15,16). The second-order valence-electron chi connectivity index (χ2n) is 4.69. The van der Waals surface area contributed by atoms with Crippen LogP contribution in [0.1, 0.15) is 6.92 Å². The third-order valence-corrected chi connectivity index (χ3v) is 5.08. The first-order chi connectivity index (χ1) is 11.2. The molecule has 0 saturated heterocycles. The van der Waals surface area contributed by atoms with E-state index in [4.69, 9.17) is 14.2 Å². The SMILES string of the molecule is CCNc1nnc(SCC(O)COc2ccc3c(c2)OCO3)s1. The van der Waals surface area contributed by atoms with E-state index in [1.807, 2.05) is 6.92 Å². The third kappa shape index (κ3) is 4.40. The van der Waals surface area contributed by atoms with Crippen molar-refractivity contribution >= 4 is 28.2 Å². The Kier molecular flexibility index (Phi) is 5.42. The molecule has 2 heterocycles. The van der Waals surface area contributed by atoms with Crippen molar-refractivity contribution in [3.05, 3.63) is 18.2 Å². The van der Waals surface area contributed by atoms with Crippen LogP contribution >= 0.6 is 23.1 Å². The van der Waals surface area contributed by atoms with Gasteiger partial charge < -0.3 is 24.6 Å². The summed E-state index contributed by atoms with van der Waals surface area (Å²) in [6.45, 7) is 3.25. The Morgan fingerprint density at radius 3 is 3.13 bits per heavy atom. The summed E-state index contributed by atoms with van der Waals surface area (Å²) in [6, 6.07) is 5.35. The average molecular weight is 355 g/mol. The molecule has 0 radical (unpaired) electrons. The molecule has 7 nitrogen and oxygen atoms in total. The maximum absolute atomic E-state index is 10.0. The number of anilines is 1. The van der Waals surface area contributed by atoms with Crippen molar-refractivity contribution in [2.45, 2.75) is 17.4 Å². The van der Waals surface area contributed by atoms with Crippen LogP contribution in [0.3, 0.4) is 0 Å². The minimum absolute atomic E-state index is 0.200. The average Bonchev–Trinajstić information content (AvgIpc) is 3.19. The highest BCUT2D eigenvalue weighted by atomic mass is 32.2. The van der Waals surface area contributed by atoms with Crippen LogP contribution in [0.25, 0.3) is 0 Å². The van der Waals surface area contributed by atoms with Crippen LogP contribution in [-0.2, 0) is 0 Å². The van der Waals surface area contributed by atoms with E-state index in [0.717, 1.165) is 16.0 Å². The molecule has 1 aliphatic heterocycles. The molecule has 0 saturated carbocycles. The predicted molar refractivity (Wildman–Crippen MR) is 88.9 cm³/mol. The highest BCUT2D eigenvalue weighted by Crippen LogP contribution is 2.35. The van der Waals surface area contributed by atoms with Crippen molar-refractivity contribution in [2.24, 2.45) is 0 Å². The molecule has 0 amide bonds. The molecule has 1 unspecified atom stereocenters. The second-order valence-corrected chi connectivity index (χ2v) is 6.94. The quantitative estimate of drug-likeness (QED) is 0.697. The summed E-state index contributed by atoms with van der Waals surface area (Å²) in [4.78, 5) is 0. The number of hydrogen-bond donors (Lipinski definition) is 2. The smallest absolute Gasteiger partial charge is 0.231 e. The molecular weight excluding hydrogens is 338 g/mol. The fourth-order valence-electron chi connectivity index (χ4n) is 1.87. The molecule has 2 N–H and O–H groups in total. The van der Waals surface area contributed by atoms with Crippen LogP contribution in [-0.4, -0.2) is 47.1 Å². The Balaban J connectivity index is 1.43. The van der Waals surface area contributed by atoms with Crippen molar-refractivity contribution in [2.75, 3.05) is 31.0 Å². The van der Waals surface area contributed by atoms with Crippen LogP contribution in [0.15, 0.2) is 22.5 Å². The second kappa shape index (κ2) is 7.71. The molecule has 1 aromatic carbocycles. The lowest BCUT2D eigenvalue weighted by molar-refractivity contribution is 0.126.